The normalized spacial score (nSPS) is 15.6. The zero-order chi connectivity index (χ0) is 16.4. The molecule has 1 amide bonds. The van der Waals surface area contributed by atoms with Crippen LogP contribution in [-0.2, 0) is 0 Å². The molecule has 3 rings (SSSR count). The third-order valence-corrected chi connectivity index (χ3v) is 4.54. The second kappa shape index (κ2) is 6.46. The summed E-state index contributed by atoms with van der Waals surface area (Å²) in [6.07, 6.45) is 4.20. The lowest BCUT2D eigenvalue weighted by atomic mass is 10.0. The van der Waals surface area contributed by atoms with Crippen LogP contribution in [0, 0.1) is 0 Å². The lowest BCUT2D eigenvalue weighted by Crippen LogP contribution is -2.41. The summed E-state index contributed by atoms with van der Waals surface area (Å²) in [7, 11) is 0. The molecular formula is C17H18ClN3O2. The molecule has 120 valence electrons. The fourth-order valence-electron chi connectivity index (χ4n) is 3.01. The van der Waals surface area contributed by atoms with E-state index in [0.29, 0.717) is 18.2 Å². The Morgan fingerprint density at radius 1 is 1.43 bits per heavy atom. The molecule has 1 saturated heterocycles. The van der Waals surface area contributed by atoms with E-state index in [0.717, 1.165) is 34.9 Å². The van der Waals surface area contributed by atoms with Crippen molar-refractivity contribution in [2.24, 2.45) is 0 Å². The predicted octanol–water partition coefficient (Wildman–Crippen LogP) is 4.09. The maximum absolute atomic E-state index is 11.0. The molecule has 0 saturated carbocycles. The van der Waals surface area contributed by atoms with Crippen molar-refractivity contribution in [2.75, 3.05) is 18.4 Å². The highest BCUT2D eigenvalue weighted by Gasteiger charge is 2.22. The molecule has 1 fully saturated rings. The van der Waals surface area contributed by atoms with E-state index in [1.807, 2.05) is 18.2 Å². The monoisotopic (exact) mass is 331 g/mol. The molecule has 2 heterocycles. The Kier molecular flexibility index (Phi) is 4.39. The average molecular weight is 332 g/mol. The van der Waals surface area contributed by atoms with Gasteiger partial charge in [0, 0.05) is 47.4 Å². The summed E-state index contributed by atoms with van der Waals surface area (Å²) in [6.45, 7) is 4.95. The number of likely N-dealkylation sites (tertiary alicyclic amines) is 1. The van der Waals surface area contributed by atoms with Gasteiger partial charge in [-0.05, 0) is 18.9 Å². The summed E-state index contributed by atoms with van der Waals surface area (Å²) in [5.74, 6) is 0. The van der Waals surface area contributed by atoms with Gasteiger partial charge in [-0.1, -0.05) is 36.4 Å². The van der Waals surface area contributed by atoms with Crippen LogP contribution in [0.4, 0.5) is 10.5 Å². The molecule has 0 spiro atoms. The van der Waals surface area contributed by atoms with E-state index in [9.17, 15) is 4.79 Å². The van der Waals surface area contributed by atoms with Crippen LogP contribution in [0.5, 0.6) is 0 Å². The van der Waals surface area contributed by atoms with Crippen LogP contribution in [0.1, 0.15) is 18.4 Å². The molecule has 0 radical (unpaired) electrons. The summed E-state index contributed by atoms with van der Waals surface area (Å²) in [5.41, 5.74) is 1.91. The van der Waals surface area contributed by atoms with Crippen LogP contribution in [-0.4, -0.2) is 40.2 Å². The minimum absolute atomic E-state index is 0.237. The molecule has 0 bridgehead atoms. The lowest BCUT2D eigenvalue weighted by molar-refractivity contribution is 0.134. The van der Waals surface area contributed by atoms with Crippen molar-refractivity contribution < 1.29 is 9.90 Å². The SMILES string of the molecule is C=Cc1cnc(Cl)c2cccc(NC3CCN(C(=O)O)CC3)c12. The Hall–Kier alpha value is -2.27. The summed E-state index contributed by atoms with van der Waals surface area (Å²) in [4.78, 5) is 16.6. The molecule has 0 aliphatic carbocycles. The highest BCUT2D eigenvalue weighted by molar-refractivity contribution is 6.35. The molecule has 1 aliphatic rings. The van der Waals surface area contributed by atoms with Crippen LogP contribution in [0.15, 0.2) is 31.0 Å². The number of carboxylic acid groups (broad SMARTS) is 1. The van der Waals surface area contributed by atoms with E-state index in [1.54, 1.807) is 12.3 Å². The van der Waals surface area contributed by atoms with Gasteiger partial charge in [-0.15, -0.1) is 0 Å². The van der Waals surface area contributed by atoms with Crippen LogP contribution in [0.25, 0.3) is 16.8 Å². The fourth-order valence-corrected chi connectivity index (χ4v) is 3.21. The van der Waals surface area contributed by atoms with Gasteiger partial charge < -0.3 is 15.3 Å². The van der Waals surface area contributed by atoms with Crippen LogP contribution in [0.2, 0.25) is 5.15 Å². The zero-order valence-electron chi connectivity index (χ0n) is 12.6. The Bertz CT molecular complexity index is 755. The van der Waals surface area contributed by atoms with Gasteiger partial charge in [0.25, 0.3) is 0 Å². The quantitative estimate of drug-likeness (QED) is 0.831. The van der Waals surface area contributed by atoms with Gasteiger partial charge in [0.05, 0.1) is 0 Å². The minimum Gasteiger partial charge on any atom is -0.465 e. The third-order valence-electron chi connectivity index (χ3n) is 4.24. The number of nitrogens with one attached hydrogen (secondary N) is 1. The molecule has 0 unspecified atom stereocenters. The topological polar surface area (TPSA) is 65.5 Å². The Morgan fingerprint density at radius 3 is 2.83 bits per heavy atom. The van der Waals surface area contributed by atoms with Gasteiger partial charge in [0.2, 0.25) is 0 Å². The summed E-state index contributed by atoms with van der Waals surface area (Å²) in [6, 6.07) is 6.13. The van der Waals surface area contributed by atoms with Crippen molar-refractivity contribution >= 4 is 40.2 Å². The van der Waals surface area contributed by atoms with Gasteiger partial charge >= 0.3 is 6.09 Å². The van der Waals surface area contributed by atoms with Crippen molar-refractivity contribution in [2.45, 2.75) is 18.9 Å². The maximum Gasteiger partial charge on any atom is 0.407 e. The molecule has 0 atom stereocenters. The van der Waals surface area contributed by atoms with Crippen molar-refractivity contribution in [3.63, 3.8) is 0 Å². The Morgan fingerprint density at radius 2 is 2.17 bits per heavy atom. The molecule has 1 aromatic heterocycles. The molecular weight excluding hydrogens is 314 g/mol. The predicted molar refractivity (Wildman–Crippen MR) is 93.1 cm³/mol. The molecule has 2 N–H and O–H groups in total. The van der Waals surface area contributed by atoms with Crippen molar-refractivity contribution in [1.29, 1.82) is 0 Å². The van der Waals surface area contributed by atoms with E-state index in [1.165, 1.54) is 4.90 Å². The summed E-state index contributed by atoms with van der Waals surface area (Å²) >= 11 is 6.21. The minimum atomic E-state index is -0.847. The number of amides is 1. The van der Waals surface area contributed by atoms with Gasteiger partial charge in [-0.3, -0.25) is 0 Å². The number of rotatable bonds is 3. The van der Waals surface area contributed by atoms with E-state index < -0.39 is 6.09 Å². The smallest absolute Gasteiger partial charge is 0.407 e. The number of aromatic nitrogens is 1. The fraction of sp³-hybridized carbons (Fsp3) is 0.294. The van der Waals surface area contributed by atoms with Crippen LogP contribution in [0.3, 0.4) is 0 Å². The van der Waals surface area contributed by atoms with E-state index in [-0.39, 0.29) is 6.04 Å². The number of hydrogen-bond acceptors (Lipinski definition) is 3. The summed E-state index contributed by atoms with van der Waals surface area (Å²) < 4.78 is 0. The lowest BCUT2D eigenvalue weighted by Gasteiger charge is -2.31. The second-order valence-corrected chi connectivity index (χ2v) is 5.98. The first-order valence-corrected chi connectivity index (χ1v) is 7.92. The standard InChI is InChI=1S/C17H18ClN3O2/c1-2-11-10-19-16(18)13-4-3-5-14(15(11)13)20-12-6-8-21(9-7-12)17(22)23/h2-5,10,12,20H,1,6-9H2,(H,22,23). The first kappa shape index (κ1) is 15.6. The largest absolute Gasteiger partial charge is 0.465 e. The average Bonchev–Trinajstić information content (AvgIpc) is 2.56. The number of halogens is 1. The van der Waals surface area contributed by atoms with Crippen molar-refractivity contribution in [3.8, 4) is 0 Å². The van der Waals surface area contributed by atoms with Crippen LogP contribution >= 0.6 is 11.6 Å². The first-order chi connectivity index (χ1) is 11.1. The van der Waals surface area contributed by atoms with Gasteiger partial charge in [0.15, 0.2) is 0 Å². The number of anilines is 1. The van der Waals surface area contributed by atoms with Crippen LogP contribution < -0.4 is 5.32 Å². The highest BCUT2D eigenvalue weighted by atomic mass is 35.5. The molecule has 1 aromatic carbocycles. The second-order valence-electron chi connectivity index (χ2n) is 5.62. The zero-order valence-corrected chi connectivity index (χ0v) is 13.4. The number of fused-ring (bicyclic) bond motifs is 1. The van der Waals surface area contributed by atoms with Crippen molar-refractivity contribution in [3.05, 3.63) is 41.7 Å². The Balaban J connectivity index is 1.88. The molecule has 6 heteroatoms. The van der Waals surface area contributed by atoms with E-state index in [4.69, 9.17) is 16.7 Å². The number of nitrogens with zero attached hydrogens (tertiary/aromatic N) is 2. The van der Waals surface area contributed by atoms with Gasteiger partial charge in [-0.2, -0.15) is 0 Å². The number of benzene rings is 1. The maximum atomic E-state index is 11.0. The molecule has 2 aromatic rings. The molecule has 5 nitrogen and oxygen atoms in total. The van der Waals surface area contributed by atoms with Gasteiger partial charge in [0.1, 0.15) is 5.15 Å². The highest BCUT2D eigenvalue weighted by Crippen LogP contribution is 2.32. The molecule has 1 aliphatic heterocycles. The summed E-state index contributed by atoms with van der Waals surface area (Å²) in [5, 5.41) is 14.9. The molecule has 23 heavy (non-hydrogen) atoms. The van der Waals surface area contributed by atoms with E-state index in [2.05, 4.69) is 16.9 Å². The third kappa shape index (κ3) is 3.10. The number of carbonyl (C=O) groups is 1. The van der Waals surface area contributed by atoms with E-state index >= 15 is 0 Å². The first-order valence-electron chi connectivity index (χ1n) is 7.54. The Labute approximate surface area is 139 Å². The van der Waals surface area contributed by atoms with Gasteiger partial charge in [-0.25, -0.2) is 9.78 Å². The number of pyridine rings is 1. The number of hydrogen-bond donors (Lipinski definition) is 2. The number of piperidine rings is 1. The van der Waals surface area contributed by atoms with Crippen molar-refractivity contribution in [1.82, 2.24) is 9.88 Å².